The highest BCUT2D eigenvalue weighted by Crippen LogP contribution is 2.15. The highest BCUT2D eigenvalue weighted by molar-refractivity contribution is 7.07. The Hall–Kier alpha value is -1.92. The van der Waals surface area contributed by atoms with Crippen LogP contribution in [0.25, 0.3) is 0 Å². The lowest BCUT2D eigenvalue weighted by Gasteiger charge is -2.11. The maximum atomic E-state index is 12.1. The fraction of sp³-hybridized carbons (Fsp3) is 0.375. The van der Waals surface area contributed by atoms with E-state index >= 15 is 0 Å². The molecule has 0 saturated heterocycles. The van der Waals surface area contributed by atoms with Gasteiger partial charge in [-0.3, -0.25) is 9.59 Å². The molecular formula is C16H21N3O2S. The summed E-state index contributed by atoms with van der Waals surface area (Å²) in [5, 5.41) is 7.99. The van der Waals surface area contributed by atoms with Crippen LogP contribution in [-0.4, -0.2) is 17.0 Å². The van der Waals surface area contributed by atoms with Gasteiger partial charge in [0.1, 0.15) is 0 Å². The van der Waals surface area contributed by atoms with Gasteiger partial charge in [0.15, 0.2) is 0 Å². The lowest BCUT2D eigenvalue weighted by Crippen LogP contribution is -2.21. The Labute approximate surface area is 134 Å². The van der Waals surface area contributed by atoms with Gasteiger partial charge in [0, 0.05) is 36.3 Å². The average molecular weight is 319 g/mol. The van der Waals surface area contributed by atoms with Gasteiger partial charge < -0.3 is 15.2 Å². The van der Waals surface area contributed by atoms with Crippen LogP contribution in [0, 0.1) is 6.92 Å². The predicted molar refractivity (Wildman–Crippen MR) is 90.4 cm³/mol. The van der Waals surface area contributed by atoms with Crippen LogP contribution in [0.5, 0.6) is 0 Å². The number of thiazole rings is 1. The van der Waals surface area contributed by atoms with Gasteiger partial charge in [-0.25, -0.2) is 0 Å². The van der Waals surface area contributed by atoms with E-state index in [0.717, 1.165) is 30.0 Å². The van der Waals surface area contributed by atoms with Crippen LogP contribution in [0.1, 0.15) is 24.6 Å². The largest absolute Gasteiger partial charge is 0.326 e. The van der Waals surface area contributed by atoms with Crippen molar-refractivity contribution in [2.75, 3.05) is 11.9 Å². The number of benzene rings is 1. The molecule has 1 amide bonds. The number of aromatic nitrogens is 1. The summed E-state index contributed by atoms with van der Waals surface area (Å²) >= 11 is 1.17. The van der Waals surface area contributed by atoms with E-state index in [1.807, 2.05) is 43.5 Å². The van der Waals surface area contributed by atoms with Gasteiger partial charge in [-0.2, -0.15) is 0 Å². The van der Waals surface area contributed by atoms with E-state index in [0.29, 0.717) is 6.54 Å². The number of hydrogen-bond acceptors (Lipinski definition) is 4. The molecule has 0 aliphatic carbocycles. The molecular weight excluding hydrogens is 298 g/mol. The quantitative estimate of drug-likeness (QED) is 0.823. The van der Waals surface area contributed by atoms with Crippen molar-refractivity contribution in [1.29, 1.82) is 0 Å². The fourth-order valence-corrected chi connectivity index (χ4v) is 2.92. The molecule has 2 N–H and O–H groups in total. The van der Waals surface area contributed by atoms with E-state index in [4.69, 9.17) is 0 Å². The number of amides is 1. The fourth-order valence-electron chi connectivity index (χ4n) is 2.16. The molecule has 0 aliphatic heterocycles. The van der Waals surface area contributed by atoms with E-state index in [2.05, 4.69) is 10.6 Å². The van der Waals surface area contributed by atoms with Crippen molar-refractivity contribution < 1.29 is 4.79 Å². The lowest BCUT2D eigenvalue weighted by atomic mass is 10.1. The molecule has 1 heterocycles. The smallest absolute Gasteiger partial charge is 0.307 e. The first-order chi connectivity index (χ1) is 10.6. The third kappa shape index (κ3) is 4.29. The standard InChI is InChI=1S/C16H21N3O2S/c1-3-17-10-13-6-4-5-7-14(13)18-15(20)8-9-19-12(2)11-22-16(19)21/h4-7,11,17H,3,8-10H2,1-2H3,(H,18,20). The van der Waals surface area contributed by atoms with Crippen LogP contribution < -0.4 is 15.5 Å². The van der Waals surface area contributed by atoms with Crippen molar-refractivity contribution in [3.05, 3.63) is 50.6 Å². The van der Waals surface area contributed by atoms with Crippen LogP contribution in [0.15, 0.2) is 34.4 Å². The predicted octanol–water partition coefficient (Wildman–Crippen LogP) is 2.36. The Balaban J connectivity index is 1.96. The molecule has 1 aromatic carbocycles. The van der Waals surface area contributed by atoms with Crippen molar-refractivity contribution in [3.63, 3.8) is 0 Å². The Morgan fingerprint density at radius 3 is 2.77 bits per heavy atom. The van der Waals surface area contributed by atoms with Crippen LogP contribution in [0.3, 0.4) is 0 Å². The lowest BCUT2D eigenvalue weighted by molar-refractivity contribution is -0.116. The number of para-hydroxylation sites is 1. The third-order valence-corrected chi connectivity index (χ3v) is 4.28. The summed E-state index contributed by atoms with van der Waals surface area (Å²) in [7, 11) is 0. The third-order valence-electron chi connectivity index (χ3n) is 3.40. The SMILES string of the molecule is CCNCc1ccccc1NC(=O)CCn1c(C)csc1=O. The maximum absolute atomic E-state index is 12.1. The molecule has 0 unspecified atom stereocenters. The van der Waals surface area contributed by atoms with Crippen molar-refractivity contribution in [2.24, 2.45) is 0 Å². The zero-order chi connectivity index (χ0) is 15.9. The molecule has 5 nitrogen and oxygen atoms in total. The summed E-state index contributed by atoms with van der Waals surface area (Å²) in [6.07, 6.45) is 0.285. The van der Waals surface area contributed by atoms with Crippen molar-refractivity contribution in [2.45, 2.75) is 33.4 Å². The molecule has 0 spiro atoms. The molecule has 0 saturated carbocycles. The Kier molecular flexibility index (Phi) is 5.91. The van der Waals surface area contributed by atoms with E-state index in [-0.39, 0.29) is 17.2 Å². The summed E-state index contributed by atoms with van der Waals surface area (Å²) in [5.41, 5.74) is 2.78. The number of hydrogen-bond donors (Lipinski definition) is 2. The zero-order valence-corrected chi connectivity index (χ0v) is 13.7. The van der Waals surface area contributed by atoms with Gasteiger partial charge in [0.2, 0.25) is 5.91 Å². The molecule has 0 radical (unpaired) electrons. The molecule has 0 aliphatic rings. The minimum atomic E-state index is -0.0820. The van der Waals surface area contributed by atoms with E-state index < -0.39 is 0 Å². The van der Waals surface area contributed by atoms with Crippen molar-refractivity contribution in [1.82, 2.24) is 9.88 Å². The molecule has 0 fully saturated rings. The molecule has 118 valence electrons. The molecule has 0 bridgehead atoms. The zero-order valence-electron chi connectivity index (χ0n) is 12.9. The number of nitrogens with zero attached hydrogens (tertiary/aromatic N) is 1. The molecule has 1 aromatic heterocycles. The molecule has 6 heteroatoms. The molecule has 22 heavy (non-hydrogen) atoms. The number of carbonyl (C=O) groups excluding carboxylic acids is 1. The number of aryl methyl sites for hydroxylation is 1. The first kappa shape index (κ1) is 16.5. The van der Waals surface area contributed by atoms with Crippen molar-refractivity contribution in [3.8, 4) is 0 Å². The van der Waals surface area contributed by atoms with E-state index in [1.165, 1.54) is 11.3 Å². The first-order valence-electron chi connectivity index (χ1n) is 7.35. The Bertz CT molecular complexity index is 691. The first-order valence-corrected chi connectivity index (χ1v) is 8.23. The molecule has 0 atom stereocenters. The Morgan fingerprint density at radius 1 is 1.32 bits per heavy atom. The van der Waals surface area contributed by atoms with E-state index in [1.54, 1.807) is 4.57 Å². The Morgan fingerprint density at radius 2 is 2.09 bits per heavy atom. The van der Waals surface area contributed by atoms with Crippen molar-refractivity contribution >= 4 is 22.9 Å². The minimum absolute atomic E-state index is 0.0159. The molecule has 2 rings (SSSR count). The topological polar surface area (TPSA) is 63.1 Å². The second kappa shape index (κ2) is 7.91. The summed E-state index contributed by atoms with van der Waals surface area (Å²) in [4.78, 5) is 23.7. The van der Waals surface area contributed by atoms with Crippen LogP contribution in [0.2, 0.25) is 0 Å². The summed E-state index contributed by atoms with van der Waals surface area (Å²) < 4.78 is 1.63. The normalized spacial score (nSPS) is 10.6. The second-order valence-electron chi connectivity index (χ2n) is 5.03. The van der Waals surface area contributed by atoms with Gasteiger partial charge in [0.05, 0.1) is 0 Å². The summed E-state index contributed by atoms with van der Waals surface area (Å²) in [5.74, 6) is -0.0820. The van der Waals surface area contributed by atoms with Gasteiger partial charge in [-0.05, 0) is 25.1 Å². The number of nitrogens with one attached hydrogen (secondary N) is 2. The van der Waals surface area contributed by atoms with Gasteiger partial charge in [0.25, 0.3) is 0 Å². The number of anilines is 1. The van der Waals surface area contributed by atoms with Crippen LogP contribution >= 0.6 is 11.3 Å². The summed E-state index contributed by atoms with van der Waals surface area (Å²) in [6, 6.07) is 7.74. The van der Waals surface area contributed by atoms with E-state index in [9.17, 15) is 9.59 Å². The monoisotopic (exact) mass is 319 g/mol. The summed E-state index contributed by atoms with van der Waals surface area (Å²) in [6.45, 7) is 5.93. The van der Waals surface area contributed by atoms with Crippen LogP contribution in [-0.2, 0) is 17.9 Å². The van der Waals surface area contributed by atoms with Gasteiger partial charge in [-0.15, -0.1) is 0 Å². The number of rotatable bonds is 7. The van der Waals surface area contributed by atoms with Gasteiger partial charge >= 0.3 is 4.87 Å². The molecule has 2 aromatic rings. The average Bonchev–Trinajstić information content (AvgIpc) is 2.83. The van der Waals surface area contributed by atoms with Crippen LogP contribution in [0.4, 0.5) is 5.69 Å². The number of carbonyl (C=O) groups is 1. The van der Waals surface area contributed by atoms with Gasteiger partial charge in [-0.1, -0.05) is 36.5 Å². The highest BCUT2D eigenvalue weighted by atomic mass is 32.1. The highest BCUT2D eigenvalue weighted by Gasteiger charge is 2.08. The minimum Gasteiger partial charge on any atom is -0.326 e. The second-order valence-corrected chi connectivity index (χ2v) is 5.85. The maximum Gasteiger partial charge on any atom is 0.307 e.